The summed E-state index contributed by atoms with van der Waals surface area (Å²) < 4.78 is 2.43. The number of hydrogen-bond acceptors (Lipinski definition) is 2. The van der Waals surface area contributed by atoms with Gasteiger partial charge in [-0.3, -0.25) is 4.98 Å². The van der Waals surface area contributed by atoms with Crippen LogP contribution in [0.4, 0.5) is 5.69 Å². The first-order valence-electron chi connectivity index (χ1n) is 11.0. The topological polar surface area (TPSA) is 33.1 Å². The van der Waals surface area contributed by atoms with Crippen LogP contribution >= 0.6 is 12.2 Å². The van der Waals surface area contributed by atoms with Gasteiger partial charge in [-0.1, -0.05) is 43.0 Å². The first-order valence-corrected chi connectivity index (χ1v) is 11.4. The number of benzene rings is 1. The van der Waals surface area contributed by atoms with Gasteiger partial charge in [-0.15, -0.1) is 0 Å². The molecule has 1 aliphatic heterocycles. The van der Waals surface area contributed by atoms with Crippen LogP contribution in [-0.4, -0.2) is 14.7 Å². The van der Waals surface area contributed by atoms with E-state index < -0.39 is 0 Å². The molecular weight excluding hydrogens is 388 g/mol. The van der Waals surface area contributed by atoms with Crippen molar-refractivity contribution in [3.8, 4) is 0 Å². The molecule has 3 heterocycles. The molecule has 4 nitrogen and oxygen atoms in total. The maximum Gasteiger partial charge on any atom is 0.174 e. The minimum absolute atomic E-state index is 0.0159. The van der Waals surface area contributed by atoms with Gasteiger partial charge in [-0.2, -0.15) is 0 Å². The van der Waals surface area contributed by atoms with E-state index in [9.17, 15) is 0 Å². The number of hydrogen-bond donors (Lipinski definition) is 1. The second-order valence-electron chi connectivity index (χ2n) is 8.52. The van der Waals surface area contributed by atoms with Gasteiger partial charge in [0.05, 0.1) is 17.8 Å². The van der Waals surface area contributed by atoms with Crippen molar-refractivity contribution >= 4 is 23.0 Å². The molecule has 1 saturated carbocycles. The number of nitrogens with zero attached hydrogens (tertiary/aromatic N) is 3. The number of aromatic nitrogens is 2. The molecule has 5 heteroatoms. The molecule has 3 aromatic rings. The lowest BCUT2D eigenvalue weighted by Crippen LogP contribution is -2.29. The molecule has 5 rings (SSSR count). The van der Waals surface area contributed by atoms with Crippen molar-refractivity contribution in [3.05, 3.63) is 83.9 Å². The highest BCUT2D eigenvalue weighted by Gasteiger charge is 2.41. The van der Waals surface area contributed by atoms with Crippen LogP contribution in [0.1, 0.15) is 67.1 Å². The van der Waals surface area contributed by atoms with Crippen molar-refractivity contribution in [3.63, 3.8) is 0 Å². The lowest BCUT2D eigenvalue weighted by molar-refractivity contribution is 0.353. The molecule has 1 saturated heterocycles. The predicted octanol–water partition coefficient (Wildman–Crippen LogP) is 5.87. The van der Waals surface area contributed by atoms with Crippen molar-refractivity contribution in [1.82, 2.24) is 14.9 Å². The van der Waals surface area contributed by atoms with E-state index in [-0.39, 0.29) is 12.1 Å². The van der Waals surface area contributed by atoms with Crippen LogP contribution in [0.25, 0.3) is 0 Å². The van der Waals surface area contributed by atoms with Crippen LogP contribution in [-0.2, 0) is 0 Å². The minimum Gasteiger partial charge on any atom is -0.351 e. The van der Waals surface area contributed by atoms with E-state index in [1.54, 1.807) is 0 Å². The highest BCUT2D eigenvalue weighted by molar-refractivity contribution is 7.80. The Balaban J connectivity index is 1.54. The third-order valence-corrected chi connectivity index (χ3v) is 6.80. The fourth-order valence-corrected chi connectivity index (χ4v) is 5.23. The van der Waals surface area contributed by atoms with Crippen LogP contribution in [0.3, 0.4) is 0 Å². The van der Waals surface area contributed by atoms with Crippen LogP contribution in [0.2, 0.25) is 0 Å². The van der Waals surface area contributed by atoms with E-state index in [0.29, 0.717) is 6.04 Å². The molecule has 0 radical (unpaired) electrons. The largest absolute Gasteiger partial charge is 0.351 e. The number of anilines is 1. The van der Waals surface area contributed by atoms with Gasteiger partial charge < -0.3 is 14.8 Å². The fourth-order valence-electron chi connectivity index (χ4n) is 4.89. The van der Waals surface area contributed by atoms with Crippen molar-refractivity contribution in [1.29, 1.82) is 0 Å². The molecule has 154 valence electrons. The van der Waals surface area contributed by atoms with Gasteiger partial charge in [0, 0.05) is 30.3 Å². The predicted molar refractivity (Wildman–Crippen MR) is 126 cm³/mol. The summed E-state index contributed by atoms with van der Waals surface area (Å²) in [4.78, 5) is 6.91. The maximum atomic E-state index is 5.82. The van der Waals surface area contributed by atoms with E-state index >= 15 is 0 Å². The minimum atomic E-state index is 0.0159. The lowest BCUT2D eigenvalue weighted by atomic mass is 9.95. The number of aryl methyl sites for hydroxylation is 1. The highest BCUT2D eigenvalue weighted by atomic mass is 32.1. The lowest BCUT2D eigenvalue weighted by Gasteiger charge is -2.28. The van der Waals surface area contributed by atoms with Gasteiger partial charge in [-0.05, 0) is 67.9 Å². The molecule has 2 aliphatic rings. The third-order valence-electron chi connectivity index (χ3n) is 6.49. The van der Waals surface area contributed by atoms with Crippen LogP contribution < -0.4 is 10.2 Å². The molecule has 0 amide bonds. The molecule has 2 aromatic heterocycles. The molecule has 1 aliphatic carbocycles. The molecule has 2 fully saturated rings. The van der Waals surface area contributed by atoms with Crippen LogP contribution in [0, 0.1) is 6.92 Å². The average Bonchev–Trinajstić information content (AvgIpc) is 3.40. The number of nitrogens with one attached hydrogen (secondary N) is 1. The molecular formula is C25H28N4S. The molecule has 30 heavy (non-hydrogen) atoms. The standard InChI is InChI=1S/C25H28N4S/c1-18-10-12-21(13-11-18)29-24(23(27-25(29)30)22-9-5-6-15-26-22)19-14-16-28(17-19)20-7-3-2-4-8-20/h5-6,9-17,20,23-24H,2-4,7-8H2,1H3,(H,27,30)/t23-,24-/m1/s1. The van der Waals surface area contributed by atoms with Gasteiger partial charge in [0.25, 0.3) is 0 Å². The molecule has 1 N–H and O–H groups in total. The summed E-state index contributed by atoms with van der Waals surface area (Å²) in [5, 5.41) is 4.31. The summed E-state index contributed by atoms with van der Waals surface area (Å²) in [6.07, 6.45) is 13.1. The second kappa shape index (κ2) is 8.23. The van der Waals surface area contributed by atoms with Crippen molar-refractivity contribution < 1.29 is 0 Å². The van der Waals surface area contributed by atoms with E-state index in [4.69, 9.17) is 12.2 Å². The highest BCUT2D eigenvalue weighted by Crippen LogP contribution is 2.42. The van der Waals surface area contributed by atoms with Crippen molar-refractivity contribution in [2.75, 3.05) is 4.90 Å². The van der Waals surface area contributed by atoms with Gasteiger partial charge in [0.1, 0.15) is 0 Å². The third kappa shape index (κ3) is 3.63. The summed E-state index contributed by atoms with van der Waals surface area (Å²) in [5.74, 6) is 0. The van der Waals surface area contributed by atoms with Gasteiger partial charge in [0.15, 0.2) is 5.11 Å². The summed E-state index contributed by atoms with van der Waals surface area (Å²) in [7, 11) is 0. The normalized spacial score (nSPS) is 22.3. The Bertz CT molecular complexity index is 1010. The first kappa shape index (κ1) is 19.3. The Kier molecular flexibility index (Phi) is 5.30. The zero-order valence-electron chi connectivity index (χ0n) is 17.4. The average molecular weight is 417 g/mol. The van der Waals surface area contributed by atoms with Gasteiger partial charge >= 0.3 is 0 Å². The molecule has 0 spiro atoms. The quantitative estimate of drug-likeness (QED) is 0.539. The summed E-state index contributed by atoms with van der Waals surface area (Å²) in [6, 6.07) is 17.7. The summed E-state index contributed by atoms with van der Waals surface area (Å²) in [6.45, 7) is 2.11. The Morgan fingerprint density at radius 3 is 2.53 bits per heavy atom. The molecule has 0 unspecified atom stereocenters. The van der Waals surface area contributed by atoms with Crippen molar-refractivity contribution in [2.24, 2.45) is 0 Å². The van der Waals surface area contributed by atoms with E-state index in [2.05, 4.69) is 75.5 Å². The van der Waals surface area contributed by atoms with E-state index in [1.807, 2.05) is 18.3 Å². The Hall–Kier alpha value is -2.66. The van der Waals surface area contributed by atoms with E-state index in [0.717, 1.165) is 16.5 Å². The molecule has 1 aromatic carbocycles. The second-order valence-corrected chi connectivity index (χ2v) is 8.90. The van der Waals surface area contributed by atoms with Crippen LogP contribution in [0.5, 0.6) is 0 Å². The zero-order chi connectivity index (χ0) is 20.5. The van der Waals surface area contributed by atoms with Gasteiger partial charge in [0.2, 0.25) is 0 Å². The summed E-state index contributed by atoms with van der Waals surface area (Å²) in [5.41, 5.74) is 4.67. The number of thiocarbonyl (C=S) groups is 1. The first-order chi connectivity index (χ1) is 14.7. The monoisotopic (exact) mass is 416 g/mol. The molecule has 0 bridgehead atoms. The Morgan fingerprint density at radius 1 is 1.00 bits per heavy atom. The smallest absolute Gasteiger partial charge is 0.174 e. The zero-order valence-corrected chi connectivity index (χ0v) is 18.2. The fraction of sp³-hybridized carbons (Fsp3) is 0.360. The number of pyridine rings is 1. The maximum absolute atomic E-state index is 5.82. The van der Waals surface area contributed by atoms with Crippen molar-refractivity contribution in [2.45, 2.75) is 57.2 Å². The SMILES string of the molecule is Cc1ccc(N2C(=S)N[C@H](c3ccccn3)[C@H]2c2ccn(C3CCCCC3)c2)cc1. The van der Waals surface area contributed by atoms with E-state index in [1.165, 1.54) is 43.2 Å². The molecule has 2 atom stereocenters. The Morgan fingerprint density at radius 2 is 1.80 bits per heavy atom. The summed E-state index contributed by atoms with van der Waals surface area (Å²) >= 11 is 5.82. The number of rotatable bonds is 4. The Labute approximate surface area is 183 Å². The van der Waals surface area contributed by atoms with Gasteiger partial charge in [-0.25, -0.2) is 0 Å². The van der Waals surface area contributed by atoms with Crippen LogP contribution in [0.15, 0.2) is 67.1 Å².